The fourth-order valence-corrected chi connectivity index (χ4v) is 2.33. The second-order valence-corrected chi connectivity index (χ2v) is 5.38. The Hall–Kier alpha value is -0.610. The molecule has 1 amide bonds. The van der Waals surface area contributed by atoms with Crippen LogP contribution in [0.2, 0.25) is 0 Å². The maximum absolute atomic E-state index is 12.0. The molecule has 100 valence electrons. The number of rotatable bonds is 5. The van der Waals surface area contributed by atoms with Crippen molar-refractivity contribution in [2.45, 2.75) is 52.1 Å². The summed E-state index contributed by atoms with van der Waals surface area (Å²) in [6.07, 6.45) is 3.28. The van der Waals surface area contributed by atoms with Gasteiger partial charge in [0.15, 0.2) is 0 Å². The van der Waals surface area contributed by atoms with E-state index in [4.69, 9.17) is 0 Å². The summed E-state index contributed by atoms with van der Waals surface area (Å²) in [5, 5.41) is 12.3. The fourth-order valence-electron chi connectivity index (χ4n) is 2.33. The molecule has 2 atom stereocenters. The number of amides is 1. The highest BCUT2D eigenvalue weighted by Gasteiger charge is 2.29. The molecule has 1 aliphatic heterocycles. The van der Waals surface area contributed by atoms with Crippen molar-refractivity contribution >= 4 is 5.91 Å². The standard InChI is InChI=1S/C13H26N2O2/c1-10(2)8-14-13(17)11(3)15-7-5-4-6-12(15)9-16/h10-12,16H,4-9H2,1-3H3,(H,14,17). The van der Waals surface area contributed by atoms with Gasteiger partial charge in [0.25, 0.3) is 0 Å². The van der Waals surface area contributed by atoms with Crippen molar-refractivity contribution in [3.63, 3.8) is 0 Å². The van der Waals surface area contributed by atoms with E-state index < -0.39 is 0 Å². The monoisotopic (exact) mass is 242 g/mol. The summed E-state index contributed by atoms with van der Waals surface area (Å²) in [6, 6.07) is 0.0229. The lowest BCUT2D eigenvalue weighted by Crippen LogP contribution is -2.53. The van der Waals surface area contributed by atoms with Crippen molar-refractivity contribution < 1.29 is 9.90 Å². The predicted octanol–water partition coefficient (Wildman–Crippen LogP) is 0.994. The summed E-state index contributed by atoms with van der Waals surface area (Å²) >= 11 is 0. The van der Waals surface area contributed by atoms with Crippen molar-refractivity contribution in [2.75, 3.05) is 19.7 Å². The lowest BCUT2D eigenvalue weighted by atomic mass is 10.0. The average Bonchev–Trinajstić information content (AvgIpc) is 2.34. The predicted molar refractivity (Wildman–Crippen MR) is 68.7 cm³/mol. The van der Waals surface area contributed by atoms with Gasteiger partial charge in [-0.05, 0) is 32.2 Å². The molecule has 17 heavy (non-hydrogen) atoms. The smallest absolute Gasteiger partial charge is 0.237 e. The Morgan fingerprint density at radius 3 is 2.71 bits per heavy atom. The topological polar surface area (TPSA) is 52.6 Å². The number of piperidine rings is 1. The Labute approximate surface area is 104 Å². The molecule has 1 fully saturated rings. The zero-order valence-electron chi connectivity index (χ0n) is 11.3. The molecule has 0 aromatic carbocycles. The van der Waals surface area contributed by atoms with Gasteiger partial charge in [0.1, 0.15) is 0 Å². The molecule has 0 saturated carbocycles. The van der Waals surface area contributed by atoms with Gasteiger partial charge < -0.3 is 10.4 Å². The molecule has 1 heterocycles. The number of aliphatic hydroxyl groups excluding tert-OH is 1. The number of nitrogens with zero attached hydrogens (tertiary/aromatic N) is 1. The van der Waals surface area contributed by atoms with Gasteiger partial charge in [0.2, 0.25) is 5.91 Å². The largest absolute Gasteiger partial charge is 0.395 e. The second kappa shape index (κ2) is 6.97. The molecule has 0 bridgehead atoms. The first-order valence-electron chi connectivity index (χ1n) is 6.70. The highest BCUT2D eigenvalue weighted by molar-refractivity contribution is 5.81. The van der Waals surface area contributed by atoms with Crippen LogP contribution in [0.25, 0.3) is 0 Å². The molecular weight excluding hydrogens is 216 g/mol. The highest BCUT2D eigenvalue weighted by atomic mass is 16.3. The van der Waals surface area contributed by atoms with E-state index in [-0.39, 0.29) is 24.6 Å². The molecule has 0 aliphatic carbocycles. The van der Waals surface area contributed by atoms with Gasteiger partial charge in [0.05, 0.1) is 12.6 Å². The Morgan fingerprint density at radius 1 is 1.41 bits per heavy atom. The maximum atomic E-state index is 12.0. The molecule has 4 nitrogen and oxygen atoms in total. The number of likely N-dealkylation sites (tertiary alicyclic amines) is 1. The average molecular weight is 242 g/mol. The van der Waals surface area contributed by atoms with Crippen molar-refractivity contribution in [1.82, 2.24) is 10.2 Å². The van der Waals surface area contributed by atoms with E-state index in [1.165, 1.54) is 0 Å². The van der Waals surface area contributed by atoms with Crippen LogP contribution in [0.15, 0.2) is 0 Å². The Morgan fingerprint density at radius 2 is 2.12 bits per heavy atom. The maximum Gasteiger partial charge on any atom is 0.237 e. The fraction of sp³-hybridized carbons (Fsp3) is 0.923. The first-order valence-corrected chi connectivity index (χ1v) is 6.70. The molecule has 1 aliphatic rings. The number of nitrogens with one attached hydrogen (secondary N) is 1. The molecule has 0 aromatic heterocycles. The van der Waals surface area contributed by atoms with E-state index >= 15 is 0 Å². The minimum Gasteiger partial charge on any atom is -0.395 e. The van der Waals surface area contributed by atoms with E-state index in [1.807, 2.05) is 6.92 Å². The number of carbonyl (C=O) groups excluding carboxylic acids is 1. The number of hydrogen-bond acceptors (Lipinski definition) is 3. The summed E-state index contributed by atoms with van der Waals surface area (Å²) in [7, 11) is 0. The first-order chi connectivity index (χ1) is 8.06. The van der Waals surface area contributed by atoms with E-state index in [1.54, 1.807) is 0 Å². The molecule has 2 N–H and O–H groups in total. The van der Waals surface area contributed by atoms with Gasteiger partial charge in [-0.3, -0.25) is 9.69 Å². The number of carbonyl (C=O) groups is 1. The third-order valence-corrected chi connectivity index (χ3v) is 3.44. The Kier molecular flexibility index (Phi) is 5.92. The van der Waals surface area contributed by atoms with Crippen molar-refractivity contribution in [1.29, 1.82) is 0 Å². The normalized spacial score (nSPS) is 23.7. The minimum absolute atomic E-state index is 0.0825. The Balaban J connectivity index is 2.48. The molecule has 2 unspecified atom stereocenters. The van der Waals surface area contributed by atoms with Crippen LogP contribution in [0.3, 0.4) is 0 Å². The molecule has 0 aromatic rings. The van der Waals surface area contributed by atoms with Gasteiger partial charge in [-0.25, -0.2) is 0 Å². The molecule has 0 spiro atoms. The highest BCUT2D eigenvalue weighted by Crippen LogP contribution is 2.19. The summed E-state index contributed by atoms with van der Waals surface area (Å²) in [6.45, 7) is 7.90. The van der Waals surface area contributed by atoms with E-state index in [0.717, 1.165) is 32.4 Å². The molecule has 0 radical (unpaired) electrons. The summed E-state index contributed by atoms with van der Waals surface area (Å²) in [5.41, 5.74) is 0. The van der Waals surface area contributed by atoms with E-state index in [0.29, 0.717) is 5.92 Å². The molecular formula is C13H26N2O2. The van der Waals surface area contributed by atoms with Crippen LogP contribution in [0.1, 0.15) is 40.0 Å². The third-order valence-electron chi connectivity index (χ3n) is 3.44. The van der Waals surface area contributed by atoms with Crippen molar-refractivity contribution in [3.05, 3.63) is 0 Å². The van der Waals surface area contributed by atoms with Gasteiger partial charge in [-0.2, -0.15) is 0 Å². The van der Waals surface area contributed by atoms with Crippen molar-refractivity contribution in [2.24, 2.45) is 5.92 Å². The van der Waals surface area contributed by atoms with E-state index in [2.05, 4.69) is 24.1 Å². The van der Waals surface area contributed by atoms with Crippen LogP contribution >= 0.6 is 0 Å². The van der Waals surface area contributed by atoms with Crippen LogP contribution in [0.4, 0.5) is 0 Å². The summed E-state index contributed by atoms with van der Waals surface area (Å²) in [4.78, 5) is 14.1. The second-order valence-electron chi connectivity index (χ2n) is 5.38. The van der Waals surface area contributed by atoms with Crippen LogP contribution in [0.5, 0.6) is 0 Å². The zero-order valence-corrected chi connectivity index (χ0v) is 11.3. The van der Waals surface area contributed by atoms with Crippen molar-refractivity contribution in [3.8, 4) is 0 Å². The molecule has 1 saturated heterocycles. The van der Waals surface area contributed by atoms with Gasteiger partial charge in [-0.15, -0.1) is 0 Å². The quantitative estimate of drug-likeness (QED) is 0.756. The van der Waals surface area contributed by atoms with Crippen LogP contribution in [-0.2, 0) is 4.79 Å². The van der Waals surface area contributed by atoms with Crippen LogP contribution in [-0.4, -0.2) is 47.7 Å². The molecule has 4 heteroatoms. The van der Waals surface area contributed by atoms with Crippen LogP contribution < -0.4 is 5.32 Å². The number of aliphatic hydroxyl groups is 1. The summed E-state index contributed by atoms with van der Waals surface area (Å²) < 4.78 is 0. The van der Waals surface area contributed by atoms with Gasteiger partial charge >= 0.3 is 0 Å². The first kappa shape index (κ1) is 14.5. The summed E-state index contributed by atoms with van der Waals surface area (Å²) in [5.74, 6) is 0.556. The van der Waals surface area contributed by atoms with Gasteiger partial charge in [0, 0.05) is 12.6 Å². The minimum atomic E-state index is -0.133. The Bertz CT molecular complexity index is 244. The van der Waals surface area contributed by atoms with Crippen LogP contribution in [0, 0.1) is 5.92 Å². The third kappa shape index (κ3) is 4.28. The lowest BCUT2D eigenvalue weighted by Gasteiger charge is -2.38. The SMILES string of the molecule is CC(C)CNC(=O)C(C)N1CCCCC1CO. The molecule has 1 rings (SSSR count). The van der Waals surface area contributed by atoms with E-state index in [9.17, 15) is 9.90 Å². The lowest BCUT2D eigenvalue weighted by molar-refractivity contribution is -0.127. The van der Waals surface area contributed by atoms with Gasteiger partial charge in [-0.1, -0.05) is 20.3 Å². The zero-order chi connectivity index (χ0) is 12.8. The number of hydrogen-bond donors (Lipinski definition) is 2.